The number of nitrogens with zero attached hydrogens (tertiary/aromatic N) is 3. The van der Waals surface area contributed by atoms with Crippen LogP contribution in [0.1, 0.15) is 23.7 Å². The maximum Gasteiger partial charge on any atom is 0.191 e. The molecule has 0 fully saturated rings. The largest absolute Gasteiger partial charge is 0.357 e. The number of benzene rings is 1. The quantitative estimate of drug-likeness (QED) is 0.370. The van der Waals surface area contributed by atoms with Crippen LogP contribution in [0.4, 0.5) is 4.39 Å². The number of aromatic nitrogens is 1. The SMILES string of the molecule is CCNC(=NCc1ccc(F)c(CN(C)C)c1)NCc1ccccn1.I. The summed E-state index contributed by atoms with van der Waals surface area (Å²) in [5.41, 5.74) is 2.61. The first-order chi connectivity index (χ1) is 12.1. The first-order valence-corrected chi connectivity index (χ1v) is 8.42. The number of guanidine groups is 1. The average molecular weight is 471 g/mol. The van der Waals surface area contributed by atoms with Gasteiger partial charge in [0, 0.05) is 24.8 Å². The van der Waals surface area contributed by atoms with E-state index in [0.29, 0.717) is 31.2 Å². The van der Waals surface area contributed by atoms with Crippen molar-refractivity contribution in [1.82, 2.24) is 20.5 Å². The molecule has 142 valence electrons. The minimum atomic E-state index is -0.179. The maximum atomic E-state index is 13.9. The Balaban J connectivity index is 0.00000338. The van der Waals surface area contributed by atoms with E-state index in [1.807, 2.05) is 50.2 Å². The summed E-state index contributed by atoms with van der Waals surface area (Å²) in [7, 11) is 3.85. The molecule has 0 aliphatic rings. The Hall–Kier alpha value is -1.74. The second kappa shape index (κ2) is 11.8. The van der Waals surface area contributed by atoms with Gasteiger partial charge in [-0.05, 0) is 50.8 Å². The Kier molecular flexibility index (Phi) is 10.1. The Morgan fingerprint density at radius 3 is 2.65 bits per heavy atom. The van der Waals surface area contributed by atoms with Gasteiger partial charge in [-0.3, -0.25) is 4.98 Å². The van der Waals surface area contributed by atoms with Gasteiger partial charge in [-0.15, -0.1) is 24.0 Å². The molecule has 0 aliphatic heterocycles. The summed E-state index contributed by atoms with van der Waals surface area (Å²) >= 11 is 0. The van der Waals surface area contributed by atoms with Crippen LogP contribution >= 0.6 is 24.0 Å². The summed E-state index contributed by atoms with van der Waals surface area (Å²) in [5, 5.41) is 6.47. The standard InChI is InChI=1S/C19H26FN5.HI/c1-4-21-19(24-13-17-7-5-6-10-22-17)23-12-15-8-9-18(20)16(11-15)14-25(2)3;/h5-11H,4,12-14H2,1-3H3,(H2,21,23,24);1H. The van der Waals surface area contributed by atoms with Gasteiger partial charge in [-0.2, -0.15) is 0 Å². The average Bonchev–Trinajstić information content (AvgIpc) is 2.60. The minimum Gasteiger partial charge on any atom is -0.357 e. The van der Waals surface area contributed by atoms with Crippen LogP contribution in [0.5, 0.6) is 0 Å². The molecule has 2 N–H and O–H groups in total. The lowest BCUT2D eigenvalue weighted by atomic mass is 10.1. The van der Waals surface area contributed by atoms with Crippen LogP contribution in [0.2, 0.25) is 0 Å². The van der Waals surface area contributed by atoms with E-state index in [9.17, 15) is 4.39 Å². The van der Waals surface area contributed by atoms with Gasteiger partial charge >= 0.3 is 0 Å². The fourth-order valence-electron chi connectivity index (χ4n) is 2.38. The third-order valence-electron chi connectivity index (χ3n) is 3.52. The molecular weight excluding hydrogens is 444 g/mol. The fraction of sp³-hybridized carbons (Fsp3) is 0.368. The van der Waals surface area contributed by atoms with E-state index >= 15 is 0 Å². The van der Waals surface area contributed by atoms with Crippen molar-refractivity contribution >= 4 is 29.9 Å². The topological polar surface area (TPSA) is 52.6 Å². The number of rotatable bonds is 7. The molecule has 2 aromatic rings. The van der Waals surface area contributed by atoms with Crippen LogP contribution in [0, 0.1) is 5.82 Å². The normalized spacial score (nSPS) is 11.2. The van der Waals surface area contributed by atoms with Crippen LogP contribution < -0.4 is 10.6 Å². The Morgan fingerprint density at radius 2 is 2.00 bits per heavy atom. The Morgan fingerprint density at radius 1 is 1.19 bits per heavy atom. The van der Waals surface area contributed by atoms with Crippen LogP contribution in [-0.2, 0) is 19.6 Å². The summed E-state index contributed by atoms with van der Waals surface area (Å²) in [4.78, 5) is 10.8. The molecule has 1 aromatic heterocycles. The van der Waals surface area contributed by atoms with E-state index in [1.54, 1.807) is 12.3 Å². The van der Waals surface area contributed by atoms with E-state index in [0.717, 1.165) is 17.8 Å². The third-order valence-corrected chi connectivity index (χ3v) is 3.52. The highest BCUT2D eigenvalue weighted by Crippen LogP contribution is 2.13. The fourth-order valence-corrected chi connectivity index (χ4v) is 2.38. The van der Waals surface area contributed by atoms with Crippen molar-refractivity contribution < 1.29 is 4.39 Å². The second-order valence-corrected chi connectivity index (χ2v) is 6.03. The summed E-state index contributed by atoms with van der Waals surface area (Å²) in [5.74, 6) is 0.535. The molecule has 0 saturated carbocycles. The van der Waals surface area contributed by atoms with Crippen LogP contribution in [0.25, 0.3) is 0 Å². The van der Waals surface area contributed by atoms with Crippen molar-refractivity contribution in [2.45, 2.75) is 26.6 Å². The van der Waals surface area contributed by atoms with Crippen molar-refractivity contribution in [3.8, 4) is 0 Å². The maximum absolute atomic E-state index is 13.9. The van der Waals surface area contributed by atoms with Crippen molar-refractivity contribution in [3.63, 3.8) is 0 Å². The summed E-state index contributed by atoms with van der Waals surface area (Å²) in [6.45, 7) is 4.44. The number of hydrogen-bond acceptors (Lipinski definition) is 3. The number of halogens is 2. The van der Waals surface area contributed by atoms with E-state index in [1.165, 1.54) is 6.07 Å². The zero-order valence-electron chi connectivity index (χ0n) is 15.5. The van der Waals surface area contributed by atoms with Gasteiger partial charge in [0.15, 0.2) is 5.96 Å². The first kappa shape index (κ1) is 22.3. The number of nitrogens with one attached hydrogen (secondary N) is 2. The molecular formula is C19H27FIN5. The molecule has 0 radical (unpaired) electrons. The van der Waals surface area contributed by atoms with E-state index in [-0.39, 0.29) is 29.8 Å². The highest BCUT2D eigenvalue weighted by molar-refractivity contribution is 14.0. The zero-order chi connectivity index (χ0) is 18.1. The van der Waals surface area contributed by atoms with Crippen molar-refractivity contribution in [1.29, 1.82) is 0 Å². The highest BCUT2D eigenvalue weighted by Gasteiger charge is 2.05. The molecule has 0 atom stereocenters. The smallest absolute Gasteiger partial charge is 0.191 e. The molecule has 5 nitrogen and oxygen atoms in total. The lowest BCUT2D eigenvalue weighted by molar-refractivity contribution is 0.392. The number of aliphatic imine (C=N–C) groups is 1. The van der Waals surface area contributed by atoms with Crippen LogP contribution in [0.3, 0.4) is 0 Å². The predicted molar refractivity (Wildman–Crippen MR) is 115 cm³/mol. The summed E-state index contributed by atoms with van der Waals surface area (Å²) in [6, 6.07) is 11.0. The van der Waals surface area contributed by atoms with Crippen molar-refractivity contribution in [2.24, 2.45) is 4.99 Å². The zero-order valence-corrected chi connectivity index (χ0v) is 17.8. The van der Waals surface area contributed by atoms with Gasteiger partial charge in [0.05, 0.1) is 18.8 Å². The molecule has 1 heterocycles. The van der Waals surface area contributed by atoms with Gasteiger partial charge in [0.1, 0.15) is 5.82 Å². The third kappa shape index (κ3) is 7.65. The van der Waals surface area contributed by atoms with Gasteiger partial charge < -0.3 is 15.5 Å². The van der Waals surface area contributed by atoms with E-state index in [4.69, 9.17) is 0 Å². The molecule has 0 aliphatic carbocycles. The molecule has 0 saturated heterocycles. The highest BCUT2D eigenvalue weighted by atomic mass is 127. The Bertz CT molecular complexity index is 692. The Labute approximate surface area is 172 Å². The molecule has 26 heavy (non-hydrogen) atoms. The molecule has 2 rings (SSSR count). The molecule has 7 heteroatoms. The van der Waals surface area contributed by atoms with E-state index in [2.05, 4.69) is 20.6 Å². The van der Waals surface area contributed by atoms with Gasteiger partial charge in [0.2, 0.25) is 0 Å². The number of hydrogen-bond donors (Lipinski definition) is 2. The van der Waals surface area contributed by atoms with Crippen molar-refractivity contribution in [2.75, 3.05) is 20.6 Å². The molecule has 0 unspecified atom stereocenters. The summed E-state index contributed by atoms with van der Waals surface area (Å²) < 4.78 is 13.9. The molecule has 0 amide bonds. The second-order valence-electron chi connectivity index (χ2n) is 6.03. The van der Waals surface area contributed by atoms with Crippen molar-refractivity contribution in [3.05, 3.63) is 65.2 Å². The van der Waals surface area contributed by atoms with Crippen LogP contribution in [0.15, 0.2) is 47.6 Å². The molecule has 0 spiro atoms. The molecule has 0 bridgehead atoms. The van der Waals surface area contributed by atoms with Gasteiger partial charge in [0.25, 0.3) is 0 Å². The van der Waals surface area contributed by atoms with Gasteiger partial charge in [-0.25, -0.2) is 9.38 Å². The van der Waals surface area contributed by atoms with Crippen LogP contribution in [-0.4, -0.2) is 36.5 Å². The monoisotopic (exact) mass is 471 g/mol. The minimum absolute atomic E-state index is 0. The van der Waals surface area contributed by atoms with E-state index < -0.39 is 0 Å². The summed E-state index contributed by atoms with van der Waals surface area (Å²) in [6.07, 6.45) is 1.77. The lowest BCUT2D eigenvalue weighted by Crippen LogP contribution is -2.37. The first-order valence-electron chi connectivity index (χ1n) is 8.42. The lowest BCUT2D eigenvalue weighted by Gasteiger charge is -2.13. The number of pyridine rings is 1. The predicted octanol–water partition coefficient (Wildman–Crippen LogP) is 3.16. The molecule has 1 aromatic carbocycles. The van der Waals surface area contributed by atoms with Gasteiger partial charge in [-0.1, -0.05) is 12.1 Å².